The fourth-order valence-corrected chi connectivity index (χ4v) is 3.43. The summed E-state index contributed by atoms with van der Waals surface area (Å²) < 4.78 is 5.32. The predicted molar refractivity (Wildman–Crippen MR) is 110 cm³/mol. The number of thiazole rings is 1. The average molecular weight is 416 g/mol. The SMILES string of the molecule is O=C(COc1ccccc1)NCC(=O)Nc1ncc(Cc2cccc(Cl)c2)s1. The van der Waals surface area contributed by atoms with E-state index in [9.17, 15) is 9.59 Å². The Labute approximate surface area is 171 Å². The second-order valence-electron chi connectivity index (χ2n) is 5.87. The van der Waals surface area contributed by atoms with Crippen LogP contribution in [0.3, 0.4) is 0 Å². The quantitative estimate of drug-likeness (QED) is 0.589. The molecule has 6 nitrogen and oxygen atoms in total. The van der Waals surface area contributed by atoms with Crippen LogP contribution in [-0.2, 0) is 16.0 Å². The second-order valence-corrected chi connectivity index (χ2v) is 7.42. The van der Waals surface area contributed by atoms with Gasteiger partial charge in [-0.05, 0) is 29.8 Å². The maximum Gasteiger partial charge on any atom is 0.258 e. The van der Waals surface area contributed by atoms with Crippen molar-refractivity contribution in [2.24, 2.45) is 0 Å². The summed E-state index contributed by atoms with van der Waals surface area (Å²) in [7, 11) is 0. The highest BCUT2D eigenvalue weighted by Gasteiger charge is 2.10. The lowest BCUT2D eigenvalue weighted by atomic mass is 10.1. The van der Waals surface area contributed by atoms with Gasteiger partial charge in [-0.1, -0.05) is 41.9 Å². The van der Waals surface area contributed by atoms with Crippen LogP contribution in [-0.4, -0.2) is 29.9 Å². The first kappa shape index (κ1) is 19.9. The van der Waals surface area contributed by atoms with Gasteiger partial charge in [-0.25, -0.2) is 4.98 Å². The summed E-state index contributed by atoms with van der Waals surface area (Å²) in [5.41, 5.74) is 1.07. The third-order valence-electron chi connectivity index (χ3n) is 3.63. The fraction of sp³-hybridized carbons (Fsp3) is 0.150. The van der Waals surface area contributed by atoms with E-state index in [1.54, 1.807) is 18.3 Å². The van der Waals surface area contributed by atoms with Gasteiger partial charge < -0.3 is 15.4 Å². The van der Waals surface area contributed by atoms with Gasteiger partial charge in [0.05, 0.1) is 6.54 Å². The first-order valence-electron chi connectivity index (χ1n) is 8.52. The number of benzene rings is 2. The van der Waals surface area contributed by atoms with Crippen molar-refractivity contribution in [2.75, 3.05) is 18.5 Å². The Morgan fingerprint density at radius 2 is 1.89 bits per heavy atom. The molecule has 144 valence electrons. The number of ether oxygens (including phenoxy) is 1. The maximum atomic E-state index is 12.0. The molecule has 0 fully saturated rings. The Morgan fingerprint density at radius 1 is 1.07 bits per heavy atom. The molecule has 3 rings (SSSR count). The van der Waals surface area contributed by atoms with Gasteiger partial charge in [0.2, 0.25) is 5.91 Å². The molecule has 0 radical (unpaired) electrons. The number of halogens is 1. The van der Waals surface area contributed by atoms with Crippen molar-refractivity contribution in [3.8, 4) is 5.75 Å². The van der Waals surface area contributed by atoms with Crippen LogP contribution in [0.2, 0.25) is 5.02 Å². The number of hydrogen-bond donors (Lipinski definition) is 2. The van der Waals surface area contributed by atoms with Gasteiger partial charge in [0, 0.05) is 22.5 Å². The smallest absolute Gasteiger partial charge is 0.258 e. The van der Waals surface area contributed by atoms with Gasteiger partial charge in [0.1, 0.15) is 5.75 Å². The molecule has 0 aliphatic carbocycles. The van der Waals surface area contributed by atoms with Gasteiger partial charge in [-0.15, -0.1) is 11.3 Å². The second kappa shape index (κ2) is 9.87. The molecule has 2 amide bonds. The molecule has 0 saturated heterocycles. The molecule has 3 aromatic rings. The molecule has 0 atom stereocenters. The molecule has 2 N–H and O–H groups in total. The maximum absolute atomic E-state index is 12.0. The van der Waals surface area contributed by atoms with Crippen molar-refractivity contribution in [1.29, 1.82) is 0 Å². The van der Waals surface area contributed by atoms with E-state index in [4.69, 9.17) is 16.3 Å². The van der Waals surface area contributed by atoms with Crippen LogP contribution in [0.15, 0.2) is 60.8 Å². The minimum atomic E-state index is -0.375. The number of anilines is 1. The highest BCUT2D eigenvalue weighted by Crippen LogP contribution is 2.22. The highest BCUT2D eigenvalue weighted by atomic mass is 35.5. The van der Waals surface area contributed by atoms with Gasteiger partial charge in [0.15, 0.2) is 11.7 Å². The highest BCUT2D eigenvalue weighted by molar-refractivity contribution is 7.15. The Morgan fingerprint density at radius 3 is 2.68 bits per heavy atom. The molecule has 0 aliphatic rings. The van der Waals surface area contributed by atoms with E-state index in [-0.39, 0.29) is 25.0 Å². The number of rotatable bonds is 8. The molecule has 8 heteroatoms. The first-order chi connectivity index (χ1) is 13.6. The third kappa shape index (κ3) is 6.37. The molecule has 0 unspecified atom stereocenters. The summed E-state index contributed by atoms with van der Waals surface area (Å²) >= 11 is 7.37. The van der Waals surface area contributed by atoms with Gasteiger partial charge >= 0.3 is 0 Å². The zero-order chi connectivity index (χ0) is 19.8. The summed E-state index contributed by atoms with van der Waals surface area (Å²) in [6.07, 6.45) is 2.40. The van der Waals surface area contributed by atoms with Crippen molar-refractivity contribution in [1.82, 2.24) is 10.3 Å². The van der Waals surface area contributed by atoms with Crippen molar-refractivity contribution in [3.63, 3.8) is 0 Å². The number of carbonyl (C=O) groups excluding carboxylic acids is 2. The Hall–Kier alpha value is -2.90. The summed E-state index contributed by atoms with van der Waals surface area (Å²) in [6, 6.07) is 16.6. The minimum Gasteiger partial charge on any atom is -0.484 e. The van der Waals surface area contributed by atoms with E-state index >= 15 is 0 Å². The predicted octanol–water partition coefficient (Wildman–Crippen LogP) is 3.52. The lowest BCUT2D eigenvalue weighted by Crippen LogP contribution is -2.35. The standard InChI is InChI=1S/C20H18ClN3O3S/c21-15-6-4-5-14(9-15)10-17-11-23-20(28-17)24-18(25)12-22-19(26)13-27-16-7-2-1-3-8-16/h1-9,11H,10,12-13H2,(H,22,26)(H,23,24,25). The monoisotopic (exact) mass is 415 g/mol. The molecule has 0 bridgehead atoms. The number of para-hydroxylation sites is 1. The lowest BCUT2D eigenvalue weighted by molar-refractivity contribution is -0.125. The van der Waals surface area contributed by atoms with Crippen LogP contribution < -0.4 is 15.4 Å². The molecule has 0 aliphatic heterocycles. The normalized spacial score (nSPS) is 10.3. The van der Waals surface area contributed by atoms with E-state index in [0.29, 0.717) is 22.3 Å². The van der Waals surface area contributed by atoms with E-state index in [1.807, 2.05) is 42.5 Å². The Bertz CT molecular complexity index is 947. The number of carbonyl (C=O) groups is 2. The van der Waals surface area contributed by atoms with Gasteiger partial charge in [0.25, 0.3) is 5.91 Å². The lowest BCUT2D eigenvalue weighted by Gasteiger charge is -2.07. The van der Waals surface area contributed by atoms with Gasteiger partial charge in [-0.3, -0.25) is 9.59 Å². The molecular weight excluding hydrogens is 398 g/mol. The van der Waals surface area contributed by atoms with Crippen LogP contribution in [0.25, 0.3) is 0 Å². The van der Waals surface area contributed by atoms with E-state index in [1.165, 1.54) is 11.3 Å². The zero-order valence-electron chi connectivity index (χ0n) is 14.9. The number of hydrogen-bond acceptors (Lipinski definition) is 5. The third-order valence-corrected chi connectivity index (χ3v) is 4.77. The fourth-order valence-electron chi connectivity index (χ4n) is 2.35. The van der Waals surface area contributed by atoms with E-state index in [0.717, 1.165) is 10.4 Å². The molecule has 28 heavy (non-hydrogen) atoms. The Balaban J connectivity index is 1.41. The number of nitrogens with zero attached hydrogens (tertiary/aromatic N) is 1. The summed E-state index contributed by atoms with van der Waals surface area (Å²) in [5.74, 6) is -0.131. The van der Waals surface area contributed by atoms with Crippen LogP contribution in [0.4, 0.5) is 5.13 Å². The zero-order valence-corrected chi connectivity index (χ0v) is 16.4. The van der Waals surface area contributed by atoms with E-state index < -0.39 is 0 Å². The van der Waals surface area contributed by atoms with Crippen LogP contribution >= 0.6 is 22.9 Å². The number of amides is 2. The molecule has 1 heterocycles. The van der Waals surface area contributed by atoms with Crippen molar-refractivity contribution >= 4 is 39.9 Å². The minimum absolute atomic E-state index is 0.153. The molecule has 0 saturated carbocycles. The summed E-state index contributed by atoms with van der Waals surface area (Å²) in [6.45, 7) is -0.307. The van der Waals surface area contributed by atoms with E-state index in [2.05, 4.69) is 15.6 Å². The molecule has 1 aromatic heterocycles. The van der Waals surface area contributed by atoms with Crippen molar-refractivity contribution in [3.05, 3.63) is 76.3 Å². The van der Waals surface area contributed by atoms with Crippen LogP contribution in [0.1, 0.15) is 10.4 Å². The number of nitrogens with one attached hydrogen (secondary N) is 2. The van der Waals surface area contributed by atoms with Crippen LogP contribution in [0.5, 0.6) is 5.75 Å². The summed E-state index contributed by atoms with van der Waals surface area (Å²) in [4.78, 5) is 28.9. The topological polar surface area (TPSA) is 80.3 Å². The largest absolute Gasteiger partial charge is 0.484 e. The van der Waals surface area contributed by atoms with Crippen LogP contribution in [0, 0.1) is 0 Å². The van der Waals surface area contributed by atoms with Gasteiger partial charge in [-0.2, -0.15) is 0 Å². The molecule has 2 aromatic carbocycles. The number of aromatic nitrogens is 1. The summed E-state index contributed by atoms with van der Waals surface area (Å²) in [5, 5.41) is 6.35. The molecular formula is C20H18ClN3O3S. The first-order valence-corrected chi connectivity index (χ1v) is 9.71. The average Bonchev–Trinajstić information content (AvgIpc) is 3.12. The molecule has 0 spiro atoms. The van der Waals surface area contributed by atoms with Crippen molar-refractivity contribution < 1.29 is 14.3 Å². The Kier molecular flexibility index (Phi) is 7.00. The van der Waals surface area contributed by atoms with Crippen molar-refractivity contribution in [2.45, 2.75) is 6.42 Å².